The fraction of sp³-hybridized carbons (Fsp3) is 1.00. The van der Waals surface area contributed by atoms with Crippen LogP contribution in [-0.2, 0) is 4.74 Å². The molecule has 10 heavy (non-hydrogen) atoms. The third-order valence-electron chi connectivity index (χ3n) is 2.97. The van der Waals surface area contributed by atoms with Gasteiger partial charge in [0.25, 0.3) is 0 Å². The summed E-state index contributed by atoms with van der Waals surface area (Å²) < 4.78 is 5.49. The van der Waals surface area contributed by atoms with Gasteiger partial charge in [0.1, 0.15) is 24.3 Å². The van der Waals surface area contributed by atoms with Gasteiger partial charge in [0, 0.05) is 12.8 Å². The molecule has 3 rings (SSSR count). The van der Waals surface area contributed by atoms with Crippen molar-refractivity contribution in [1.82, 2.24) is 0 Å². The molecule has 2 N–H and O–H groups in total. The predicted molar refractivity (Wildman–Crippen MR) is 32.0 cm³/mol. The number of piperidine rings is 1. The van der Waals surface area contributed by atoms with Crippen molar-refractivity contribution in [2.45, 2.75) is 43.6 Å². The smallest absolute Gasteiger partial charge is 0.142 e. The first-order valence-electron chi connectivity index (χ1n) is 3.95. The van der Waals surface area contributed by atoms with Crippen molar-refractivity contribution in [2.75, 3.05) is 0 Å². The number of epoxide rings is 1. The minimum Gasteiger partial charge on any atom is -1.00 e. The summed E-state index contributed by atoms with van der Waals surface area (Å²) in [6.07, 6.45) is 5.60. The molecule has 4 atom stereocenters. The minimum atomic E-state index is 0. The summed E-state index contributed by atoms with van der Waals surface area (Å²) in [7, 11) is 0. The van der Waals surface area contributed by atoms with E-state index in [1.807, 2.05) is 0 Å². The lowest BCUT2D eigenvalue weighted by molar-refractivity contribution is -0.721. The number of fused-ring (bicyclic) bond motifs is 5. The van der Waals surface area contributed by atoms with Crippen LogP contribution in [0.4, 0.5) is 0 Å². The summed E-state index contributed by atoms with van der Waals surface area (Å²) in [6.45, 7) is 0. The molecule has 3 aliphatic rings. The Bertz CT molecular complexity index is 139. The largest absolute Gasteiger partial charge is 1.00 e. The molecule has 3 aliphatic heterocycles. The van der Waals surface area contributed by atoms with Gasteiger partial charge in [-0.1, -0.05) is 0 Å². The standard InChI is InChI=1S/C7H11NO.BrH/c1-2-4-6-7(9-6)5(3-1)8-4;/h4-8H,1-3H2;1H. The molecule has 4 unspecified atom stereocenters. The molecule has 3 fully saturated rings. The zero-order valence-electron chi connectivity index (χ0n) is 5.79. The molecule has 58 valence electrons. The average Bonchev–Trinajstić information content (AvgIpc) is 2.62. The van der Waals surface area contributed by atoms with Crippen LogP contribution in [0.3, 0.4) is 0 Å². The van der Waals surface area contributed by atoms with Crippen molar-refractivity contribution < 1.29 is 27.0 Å². The first kappa shape index (κ1) is 7.07. The Hall–Kier alpha value is 0.400. The quantitative estimate of drug-likeness (QED) is 0.405. The third kappa shape index (κ3) is 0.773. The predicted octanol–water partition coefficient (Wildman–Crippen LogP) is -3.74. The number of quaternary nitrogens is 1. The van der Waals surface area contributed by atoms with E-state index >= 15 is 0 Å². The molecule has 0 aromatic heterocycles. The van der Waals surface area contributed by atoms with Crippen LogP contribution in [0.5, 0.6) is 0 Å². The molecule has 3 heteroatoms. The maximum Gasteiger partial charge on any atom is 0.142 e. The molecular formula is C7H12BrNO. The molecule has 0 aromatic rings. The molecule has 0 aromatic carbocycles. The number of hydrogen-bond acceptors (Lipinski definition) is 1. The van der Waals surface area contributed by atoms with Gasteiger partial charge >= 0.3 is 0 Å². The first-order chi connectivity index (χ1) is 4.45. The van der Waals surface area contributed by atoms with E-state index in [1.54, 1.807) is 0 Å². The molecule has 0 radical (unpaired) electrons. The van der Waals surface area contributed by atoms with Crippen LogP contribution in [0.2, 0.25) is 0 Å². The Balaban J connectivity index is 0.000000403. The molecule has 2 bridgehead atoms. The lowest BCUT2D eigenvalue weighted by Crippen LogP contribution is -3.00. The summed E-state index contributed by atoms with van der Waals surface area (Å²) in [5, 5.41) is 2.53. The maximum absolute atomic E-state index is 5.49. The molecule has 0 spiro atoms. The van der Waals surface area contributed by atoms with Crippen molar-refractivity contribution in [1.29, 1.82) is 0 Å². The maximum atomic E-state index is 5.49. The second-order valence-corrected chi connectivity index (χ2v) is 3.52. The van der Waals surface area contributed by atoms with Crippen LogP contribution >= 0.6 is 0 Å². The van der Waals surface area contributed by atoms with Gasteiger partial charge in [-0.3, -0.25) is 0 Å². The van der Waals surface area contributed by atoms with Gasteiger partial charge in [-0.05, 0) is 6.42 Å². The minimum absolute atomic E-state index is 0. The van der Waals surface area contributed by atoms with Gasteiger partial charge < -0.3 is 27.0 Å². The lowest BCUT2D eigenvalue weighted by atomic mass is 10.1. The van der Waals surface area contributed by atoms with Crippen molar-refractivity contribution in [3.63, 3.8) is 0 Å². The molecule has 0 amide bonds. The van der Waals surface area contributed by atoms with E-state index in [0.717, 1.165) is 12.1 Å². The van der Waals surface area contributed by atoms with E-state index in [2.05, 4.69) is 5.32 Å². The summed E-state index contributed by atoms with van der Waals surface area (Å²) in [5.74, 6) is 0. The highest BCUT2D eigenvalue weighted by atomic mass is 79.9. The number of halogens is 1. The van der Waals surface area contributed by atoms with Crippen molar-refractivity contribution in [3.8, 4) is 0 Å². The summed E-state index contributed by atoms with van der Waals surface area (Å²) in [5.41, 5.74) is 0. The Labute approximate surface area is 71.1 Å². The molecular weight excluding hydrogens is 194 g/mol. The van der Waals surface area contributed by atoms with Crippen molar-refractivity contribution >= 4 is 0 Å². The molecule has 3 heterocycles. The molecule has 3 saturated heterocycles. The Kier molecular flexibility index (Phi) is 1.55. The lowest BCUT2D eigenvalue weighted by Gasteiger charge is -2.19. The van der Waals surface area contributed by atoms with E-state index < -0.39 is 0 Å². The van der Waals surface area contributed by atoms with E-state index in [9.17, 15) is 0 Å². The molecule has 0 saturated carbocycles. The molecule has 0 aliphatic carbocycles. The monoisotopic (exact) mass is 205 g/mol. The van der Waals surface area contributed by atoms with E-state index in [-0.39, 0.29) is 17.0 Å². The SMILES string of the molecule is C1CC2[NH2+]C(C1)C1OC21.[Br-]. The molecule has 2 nitrogen and oxygen atoms in total. The van der Waals surface area contributed by atoms with Gasteiger partial charge in [0.05, 0.1) is 0 Å². The third-order valence-corrected chi connectivity index (χ3v) is 2.97. The highest BCUT2D eigenvalue weighted by Crippen LogP contribution is 2.37. The summed E-state index contributed by atoms with van der Waals surface area (Å²) >= 11 is 0. The van der Waals surface area contributed by atoms with Crippen LogP contribution in [0.25, 0.3) is 0 Å². The van der Waals surface area contributed by atoms with Crippen molar-refractivity contribution in [2.24, 2.45) is 0 Å². The van der Waals surface area contributed by atoms with Crippen LogP contribution in [-0.4, -0.2) is 24.3 Å². The van der Waals surface area contributed by atoms with Gasteiger partial charge in [-0.25, -0.2) is 0 Å². The number of nitrogens with two attached hydrogens (primary N) is 1. The van der Waals surface area contributed by atoms with Gasteiger partial charge in [-0.2, -0.15) is 0 Å². The number of hydrogen-bond donors (Lipinski definition) is 1. The zero-order chi connectivity index (χ0) is 5.84. The van der Waals surface area contributed by atoms with E-state index in [0.29, 0.717) is 12.2 Å². The van der Waals surface area contributed by atoms with Gasteiger partial charge in [-0.15, -0.1) is 0 Å². The van der Waals surface area contributed by atoms with Crippen LogP contribution in [0.15, 0.2) is 0 Å². The van der Waals surface area contributed by atoms with Crippen LogP contribution in [0, 0.1) is 0 Å². The highest BCUT2D eigenvalue weighted by Gasteiger charge is 2.61. The fourth-order valence-electron chi connectivity index (χ4n) is 2.47. The van der Waals surface area contributed by atoms with Crippen molar-refractivity contribution in [3.05, 3.63) is 0 Å². The number of ether oxygens (including phenoxy) is 1. The fourth-order valence-corrected chi connectivity index (χ4v) is 2.47. The van der Waals surface area contributed by atoms with Gasteiger partial charge in [0.2, 0.25) is 0 Å². The highest BCUT2D eigenvalue weighted by molar-refractivity contribution is 5.02. The Morgan fingerprint density at radius 3 is 2.20 bits per heavy atom. The first-order valence-corrected chi connectivity index (χ1v) is 3.95. The number of rotatable bonds is 0. The van der Waals surface area contributed by atoms with E-state index in [1.165, 1.54) is 19.3 Å². The summed E-state index contributed by atoms with van der Waals surface area (Å²) in [4.78, 5) is 0. The Morgan fingerprint density at radius 1 is 1.10 bits per heavy atom. The normalized spacial score (nSPS) is 55.2. The van der Waals surface area contributed by atoms with Crippen LogP contribution in [0.1, 0.15) is 19.3 Å². The zero-order valence-corrected chi connectivity index (χ0v) is 7.38. The van der Waals surface area contributed by atoms with Crippen LogP contribution < -0.4 is 22.3 Å². The van der Waals surface area contributed by atoms with E-state index in [4.69, 9.17) is 4.74 Å². The second kappa shape index (κ2) is 2.19. The topological polar surface area (TPSA) is 29.1 Å². The summed E-state index contributed by atoms with van der Waals surface area (Å²) in [6, 6.07) is 1.71. The number of morpholine rings is 1. The Morgan fingerprint density at radius 2 is 1.70 bits per heavy atom. The average molecular weight is 206 g/mol. The van der Waals surface area contributed by atoms with Gasteiger partial charge in [0.15, 0.2) is 0 Å². The second-order valence-electron chi connectivity index (χ2n) is 3.52.